The molecule has 0 unspecified atom stereocenters. The zero-order valence-electron chi connectivity index (χ0n) is 11.3. The standard InChI is InChI=1S/C15H24N2/c1-15(2,3)16-14-8-6-7-13(11-14)12-17-9-4-5-10-17/h6-8,11,16H,4-5,9-10,12H2,1-3H3. The maximum atomic E-state index is 3.53. The molecule has 0 radical (unpaired) electrons. The average molecular weight is 232 g/mol. The number of hydrogen-bond donors (Lipinski definition) is 1. The third kappa shape index (κ3) is 4.04. The van der Waals surface area contributed by atoms with Gasteiger partial charge in [-0.2, -0.15) is 0 Å². The van der Waals surface area contributed by atoms with Gasteiger partial charge in [0.25, 0.3) is 0 Å². The molecule has 1 aromatic carbocycles. The lowest BCUT2D eigenvalue weighted by Gasteiger charge is -2.23. The first-order chi connectivity index (χ1) is 8.03. The van der Waals surface area contributed by atoms with Crippen LogP contribution in [-0.4, -0.2) is 23.5 Å². The van der Waals surface area contributed by atoms with Gasteiger partial charge in [0.15, 0.2) is 0 Å². The normalized spacial score (nSPS) is 17.4. The van der Waals surface area contributed by atoms with Gasteiger partial charge in [0.05, 0.1) is 0 Å². The summed E-state index contributed by atoms with van der Waals surface area (Å²) in [4.78, 5) is 2.54. The Morgan fingerprint density at radius 2 is 1.88 bits per heavy atom. The molecule has 0 saturated carbocycles. The van der Waals surface area contributed by atoms with Crippen molar-refractivity contribution >= 4 is 5.69 Å². The Morgan fingerprint density at radius 3 is 2.53 bits per heavy atom. The van der Waals surface area contributed by atoms with E-state index in [0.29, 0.717) is 0 Å². The smallest absolute Gasteiger partial charge is 0.0347 e. The molecule has 0 aromatic heterocycles. The molecule has 2 rings (SSSR count). The van der Waals surface area contributed by atoms with Gasteiger partial charge in [-0.05, 0) is 64.4 Å². The van der Waals surface area contributed by atoms with E-state index in [1.807, 2.05) is 0 Å². The van der Waals surface area contributed by atoms with E-state index in [2.05, 4.69) is 55.3 Å². The molecular formula is C15H24N2. The molecule has 1 aliphatic heterocycles. The minimum atomic E-state index is 0.131. The summed E-state index contributed by atoms with van der Waals surface area (Å²) in [5.74, 6) is 0. The molecule has 0 spiro atoms. The second-order valence-electron chi connectivity index (χ2n) is 6.06. The highest BCUT2D eigenvalue weighted by Gasteiger charge is 2.13. The molecule has 1 saturated heterocycles. The van der Waals surface area contributed by atoms with Gasteiger partial charge in [-0.15, -0.1) is 0 Å². The lowest BCUT2D eigenvalue weighted by molar-refractivity contribution is 0.331. The Hall–Kier alpha value is -1.02. The number of nitrogens with one attached hydrogen (secondary N) is 1. The second-order valence-corrected chi connectivity index (χ2v) is 6.06. The number of hydrogen-bond acceptors (Lipinski definition) is 2. The van der Waals surface area contributed by atoms with E-state index in [9.17, 15) is 0 Å². The predicted octanol–water partition coefficient (Wildman–Crippen LogP) is 3.49. The van der Waals surface area contributed by atoms with E-state index >= 15 is 0 Å². The molecule has 1 fully saturated rings. The second kappa shape index (κ2) is 5.09. The van der Waals surface area contributed by atoms with Crippen LogP contribution in [0, 0.1) is 0 Å². The van der Waals surface area contributed by atoms with Crippen molar-refractivity contribution in [3.8, 4) is 0 Å². The number of rotatable bonds is 3. The van der Waals surface area contributed by atoms with Gasteiger partial charge in [0.2, 0.25) is 0 Å². The van der Waals surface area contributed by atoms with Gasteiger partial charge in [-0.1, -0.05) is 12.1 Å². The van der Waals surface area contributed by atoms with Crippen molar-refractivity contribution in [3.05, 3.63) is 29.8 Å². The first kappa shape index (κ1) is 12.4. The molecule has 0 aliphatic carbocycles. The Kier molecular flexibility index (Phi) is 3.72. The Bertz CT molecular complexity index is 359. The van der Waals surface area contributed by atoms with E-state index in [4.69, 9.17) is 0 Å². The summed E-state index contributed by atoms with van der Waals surface area (Å²) in [7, 11) is 0. The van der Waals surface area contributed by atoms with Crippen molar-refractivity contribution in [3.63, 3.8) is 0 Å². The van der Waals surface area contributed by atoms with E-state index in [1.165, 1.54) is 37.2 Å². The first-order valence-electron chi connectivity index (χ1n) is 6.62. The SMILES string of the molecule is CC(C)(C)Nc1cccc(CN2CCCC2)c1. The molecule has 1 aromatic rings. The minimum absolute atomic E-state index is 0.131. The van der Waals surface area contributed by atoms with Crippen LogP contribution in [0.2, 0.25) is 0 Å². The molecule has 94 valence electrons. The predicted molar refractivity (Wildman–Crippen MR) is 74.3 cm³/mol. The summed E-state index contributed by atoms with van der Waals surface area (Å²) in [5.41, 5.74) is 2.78. The van der Waals surface area contributed by atoms with Gasteiger partial charge in [-0.25, -0.2) is 0 Å². The summed E-state index contributed by atoms with van der Waals surface area (Å²) < 4.78 is 0. The fourth-order valence-corrected chi connectivity index (χ4v) is 2.38. The van der Waals surface area contributed by atoms with Crippen molar-refractivity contribution in [2.24, 2.45) is 0 Å². The zero-order valence-corrected chi connectivity index (χ0v) is 11.3. The molecule has 1 aliphatic rings. The summed E-state index contributed by atoms with van der Waals surface area (Å²) in [6, 6.07) is 8.81. The number of likely N-dealkylation sites (tertiary alicyclic amines) is 1. The van der Waals surface area contributed by atoms with Crippen LogP contribution in [0.5, 0.6) is 0 Å². The van der Waals surface area contributed by atoms with Crippen molar-refractivity contribution in [2.45, 2.75) is 45.7 Å². The van der Waals surface area contributed by atoms with Crippen LogP contribution in [0.3, 0.4) is 0 Å². The molecule has 1 heterocycles. The summed E-state index contributed by atoms with van der Waals surface area (Å²) in [5, 5.41) is 3.53. The first-order valence-corrected chi connectivity index (χ1v) is 6.62. The van der Waals surface area contributed by atoms with E-state index < -0.39 is 0 Å². The van der Waals surface area contributed by atoms with Crippen LogP contribution in [0.4, 0.5) is 5.69 Å². The molecule has 0 atom stereocenters. The van der Waals surface area contributed by atoms with Crippen LogP contribution in [0.15, 0.2) is 24.3 Å². The van der Waals surface area contributed by atoms with Crippen molar-refractivity contribution in [2.75, 3.05) is 18.4 Å². The van der Waals surface area contributed by atoms with Crippen LogP contribution in [0.25, 0.3) is 0 Å². The van der Waals surface area contributed by atoms with Gasteiger partial charge < -0.3 is 5.32 Å². The maximum absolute atomic E-state index is 3.53. The molecule has 17 heavy (non-hydrogen) atoms. The molecule has 1 N–H and O–H groups in total. The molecule has 2 heteroatoms. The van der Waals surface area contributed by atoms with Crippen molar-refractivity contribution < 1.29 is 0 Å². The largest absolute Gasteiger partial charge is 0.380 e. The van der Waals surface area contributed by atoms with Crippen LogP contribution >= 0.6 is 0 Å². The highest BCUT2D eigenvalue weighted by molar-refractivity contribution is 5.47. The van der Waals surface area contributed by atoms with Crippen molar-refractivity contribution in [1.29, 1.82) is 0 Å². The zero-order chi connectivity index (χ0) is 12.3. The number of benzene rings is 1. The molecular weight excluding hydrogens is 208 g/mol. The third-order valence-electron chi connectivity index (χ3n) is 3.05. The quantitative estimate of drug-likeness (QED) is 0.858. The number of anilines is 1. The Labute approximate surface area is 105 Å². The van der Waals surface area contributed by atoms with E-state index in [1.54, 1.807) is 0 Å². The van der Waals surface area contributed by atoms with E-state index in [-0.39, 0.29) is 5.54 Å². The summed E-state index contributed by atoms with van der Waals surface area (Å²) >= 11 is 0. The molecule has 0 bridgehead atoms. The van der Waals surface area contributed by atoms with E-state index in [0.717, 1.165) is 6.54 Å². The van der Waals surface area contributed by atoms with Gasteiger partial charge in [0, 0.05) is 17.8 Å². The fraction of sp³-hybridized carbons (Fsp3) is 0.600. The Morgan fingerprint density at radius 1 is 1.18 bits per heavy atom. The number of nitrogens with zero attached hydrogens (tertiary/aromatic N) is 1. The van der Waals surface area contributed by atoms with Crippen LogP contribution in [-0.2, 0) is 6.54 Å². The van der Waals surface area contributed by atoms with Gasteiger partial charge in [0.1, 0.15) is 0 Å². The lowest BCUT2D eigenvalue weighted by Crippen LogP contribution is -2.26. The topological polar surface area (TPSA) is 15.3 Å². The monoisotopic (exact) mass is 232 g/mol. The van der Waals surface area contributed by atoms with Crippen LogP contribution in [0.1, 0.15) is 39.2 Å². The highest BCUT2D eigenvalue weighted by Crippen LogP contribution is 2.18. The average Bonchev–Trinajstić information content (AvgIpc) is 2.68. The van der Waals surface area contributed by atoms with Crippen molar-refractivity contribution in [1.82, 2.24) is 4.90 Å². The van der Waals surface area contributed by atoms with Gasteiger partial charge >= 0.3 is 0 Å². The Balaban J connectivity index is 2.00. The summed E-state index contributed by atoms with van der Waals surface area (Å²) in [6.07, 6.45) is 2.72. The highest BCUT2D eigenvalue weighted by atomic mass is 15.1. The fourth-order valence-electron chi connectivity index (χ4n) is 2.38. The maximum Gasteiger partial charge on any atom is 0.0347 e. The van der Waals surface area contributed by atoms with Crippen LogP contribution < -0.4 is 5.32 Å². The van der Waals surface area contributed by atoms with Gasteiger partial charge in [-0.3, -0.25) is 4.90 Å². The summed E-state index contributed by atoms with van der Waals surface area (Å²) in [6.45, 7) is 10.2. The molecule has 2 nitrogen and oxygen atoms in total. The molecule has 0 amide bonds. The minimum Gasteiger partial charge on any atom is -0.380 e. The lowest BCUT2D eigenvalue weighted by atomic mass is 10.1. The third-order valence-corrected chi connectivity index (χ3v) is 3.05.